The number of carbonyl (C=O) groups is 1. The molecule has 1 aromatic rings. The minimum Gasteiger partial charge on any atom is -0.490 e. The predicted octanol–water partition coefficient (Wildman–Crippen LogP) is 7.87. The molecule has 2 N–H and O–H groups in total. The lowest BCUT2D eigenvalue weighted by molar-refractivity contribution is -0.148. The first kappa shape index (κ1) is 33.0. The molecule has 208 valence electrons. The highest BCUT2D eigenvalue weighted by molar-refractivity contribution is 8.07. The minimum atomic E-state index is -4.62. The number of hydrogen-bond acceptors (Lipinski definition) is 6. The van der Waals surface area contributed by atoms with Crippen LogP contribution < -0.4 is 4.74 Å². The van der Waals surface area contributed by atoms with Gasteiger partial charge in [-0.3, -0.25) is 4.57 Å². The van der Waals surface area contributed by atoms with Crippen LogP contribution in [0.4, 0.5) is 0 Å². The fourth-order valence-corrected chi connectivity index (χ4v) is 6.93. The van der Waals surface area contributed by atoms with Crippen molar-refractivity contribution in [2.45, 2.75) is 109 Å². The van der Waals surface area contributed by atoms with Gasteiger partial charge in [0, 0.05) is 12.4 Å². The molecule has 0 aromatic heterocycles. The van der Waals surface area contributed by atoms with E-state index in [0.29, 0.717) is 19.3 Å². The molecule has 0 saturated heterocycles. The first-order valence-corrected chi connectivity index (χ1v) is 16.1. The topological polar surface area (TPSA) is 102 Å². The summed E-state index contributed by atoms with van der Waals surface area (Å²) in [7, 11) is -4.62. The maximum atomic E-state index is 13.2. The highest BCUT2D eigenvalue weighted by Crippen LogP contribution is 2.62. The predicted molar refractivity (Wildman–Crippen MR) is 148 cm³/mol. The SMILES string of the molecule is CCCCCCCCCCOC(SCCC(CCC)Oc1ccccc1)(C(=O)O)P(=O)(O)OCCC. The number of aliphatic carboxylic acids is 1. The van der Waals surface area contributed by atoms with Gasteiger partial charge in [0.25, 0.3) is 0 Å². The molecule has 0 amide bonds. The average Bonchev–Trinajstić information content (AvgIpc) is 2.85. The van der Waals surface area contributed by atoms with E-state index < -0.39 is 18.2 Å². The number of unbranched alkanes of at least 4 members (excludes halogenated alkanes) is 7. The fourth-order valence-electron chi connectivity index (χ4n) is 3.80. The molecule has 3 atom stereocenters. The first-order chi connectivity index (χ1) is 17.3. The number of thioether (sulfide) groups is 1. The second kappa shape index (κ2) is 19.1. The zero-order valence-corrected chi connectivity index (χ0v) is 24.1. The standard InChI is InChI=1S/C27H47O7PS/c1-4-7-8-9-10-11-12-16-22-32-27(26(28)29,35(30,31)33-21-6-3)36-23-20-24(17-5-2)34-25-18-14-13-15-19-25/h13-15,18-19,24H,4-12,16-17,20-23H2,1-3H3,(H,28,29)(H,30,31). The average molecular weight is 547 g/mol. The Balaban J connectivity index is 2.78. The van der Waals surface area contributed by atoms with E-state index in [2.05, 4.69) is 13.8 Å². The van der Waals surface area contributed by atoms with Gasteiger partial charge in [0.15, 0.2) is 0 Å². The van der Waals surface area contributed by atoms with Gasteiger partial charge >= 0.3 is 18.2 Å². The summed E-state index contributed by atoms with van der Waals surface area (Å²) in [5.41, 5.74) is 0. The van der Waals surface area contributed by atoms with E-state index in [1.807, 2.05) is 30.3 Å². The summed E-state index contributed by atoms with van der Waals surface area (Å²) in [4.78, 5) is 23.1. The van der Waals surface area contributed by atoms with E-state index in [1.165, 1.54) is 25.7 Å². The van der Waals surface area contributed by atoms with Crippen LogP contribution in [0.2, 0.25) is 0 Å². The van der Waals surface area contributed by atoms with Crippen molar-refractivity contribution < 1.29 is 33.4 Å². The van der Waals surface area contributed by atoms with Crippen LogP contribution in [0.3, 0.4) is 0 Å². The van der Waals surface area contributed by atoms with E-state index >= 15 is 0 Å². The quantitative estimate of drug-likeness (QED) is 0.0812. The van der Waals surface area contributed by atoms with E-state index in [1.54, 1.807) is 6.92 Å². The van der Waals surface area contributed by atoms with Crippen LogP contribution in [-0.2, 0) is 18.6 Å². The Hall–Kier alpha value is -1.05. The molecule has 0 saturated carbocycles. The van der Waals surface area contributed by atoms with Crippen LogP contribution in [-0.4, -0.2) is 45.7 Å². The van der Waals surface area contributed by atoms with Gasteiger partial charge in [-0.1, -0.05) is 90.3 Å². The van der Waals surface area contributed by atoms with E-state index in [4.69, 9.17) is 14.0 Å². The van der Waals surface area contributed by atoms with Crippen LogP contribution in [0.15, 0.2) is 30.3 Å². The summed E-state index contributed by atoms with van der Waals surface area (Å²) in [6.07, 6.45) is 11.2. The summed E-state index contributed by atoms with van der Waals surface area (Å²) >= 11 is 0.837. The number of hydrogen-bond donors (Lipinski definition) is 2. The molecule has 0 aliphatic rings. The molecule has 3 unspecified atom stereocenters. The van der Waals surface area contributed by atoms with Crippen molar-refractivity contribution >= 4 is 25.3 Å². The lowest BCUT2D eigenvalue weighted by Crippen LogP contribution is -2.40. The minimum absolute atomic E-state index is 0.0138. The highest BCUT2D eigenvalue weighted by Gasteiger charge is 2.58. The first-order valence-electron chi connectivity index (χ1n) is 13.5. The lowest BCUT2D eigenvalue weighted by Gasteiger charge is -2.32. The molecule has 36 heavy (non-hydrogen) atoms. The van der Waals surface area contributed by atoms with Gasteiger partial charge in [-0.25, -0.2) is 4.79 Å². The normalized spacial score (nSPS) is 15.7. The second-order valence-corrected chi connectivity index (χ2v) is 12.5. The monoisotopic (exact) mass is 546 g/mol. The summed E-state index contributed by atoms with van der Waals surface area (Å²) in [6, 6.07) is 9.47. The molecule has 9 heteroatoms. The number of para-hydroxylation sites is 1. The Bertz CT molecular complexity index is 749. The number of rotatable bonds is 23. The van der Waals surface area contributed by atoms with Crippen molar-refractivity contribution in [2.24, 2.45) is 0 Å². The van der Waals surface area contributed by atoms with Crippen molar-refractivity contribution in [1.29, 1.82) is 0 Å². The molecule has 0 radical (unpaired) electrons. The third-order valence-corrected chi connectivity index (χ3v) is 9.60. The molecule has 7 nitrogen and oxygen atoms in total. The number of carboxylic acids is 1. The summed E-state index contributed by atoms with van der Waals surface area (Å²) < 4.78 is 27.8. The third kappa shape index (κ3) is 12.0. The van der Waals surface area contributed by atoms with Crippen molar-refractivity contribution in [1.82, 2.24) is 0 Å². The Morgan fingerprint density at radius 3 is 2.14 bits per heavy atom. The summed E-state index contributed by atoms with van der Waals surface area (Å²) in [6.45, 7) is 6.12. The second-order valence-electron chi connectivity index (χ2n) is 9.04. The zero-order chi connectivity index (χ0) is 26.7. The third-order valence-electron chi connectivity index (χ3n) is 5.80. The Labute approximate surface area is 222 Å². The van der Waals surface area contributed by atoms with Gasteiger partial charge < -0.3 is 24.0 Å². The highest BCUT2D eigenvalue weighted by atomic mass is 32.2. The van der Waals surface area contributed by atoms with Crippen LogP contribution in [0, 0.1) is 0 Å². The zero-order valence-electron chi connectivity index (χ0n) is 22.4. The Kier molecular flexibility index (Phi) is 17.5. The molecule has 0 aliphatic carbocycles. The van der Waals surface area contributed by atoms with Crippen LogP contribution in [0.1, 0.15) is 97.8 Å². The van der Waals surface area contributed by atoms with Gasteiger partial charge in [-0.15, -0.1) is 11.8 Å². The number of benzene rings is 1. The van der Waals surface area contributed by atoms with Gasteiger partial charge in [-0.2, -0.15) is 0 Å². The van der Waals surface area contributed by atoms with E-state index in [-0.39, 0.29) is 25.1 Å². The van der Waals surface area contributed by atoms with Crippen LogP contribution in [0.5, 0.6) is 5.75 Å². The largest absolute Gasteiger partial charge is 0.490 e. The molecule has 0 heterocycles. The number of carboxylic acid groups (broad SMARTS) is 1. The van der Waals surface area contributed by atoms with Gasteiger partial charge in [0.05, 0.1) is 12.7 Å². The molecular weight excluding hydrogens is 499 g/mol. The number of ether oxygens (including phenoxy) is 2. The fraction of sp³-hybridized carbons (Fsp3) is 0.741. The van der Waals surface area contributed by atoms with Gasteiger partial charge in [0.1, 0.15) is 5.75 Å². The van der Waals surface area contributed by atoms with Crippen LogP contribution in [0.25, 0.3) is 0 Å². The van der Waals surface area contributed by atoms with Gasteiger partial charge in [-0.05, 0) is 37.8 Å². The summed E-state index contributed by atoms with van der Waals surface area (Å²) in [5, 5.41) is 10.1. The van der Waals surface area contributed by atoms with Crippen molar-refractivity contribution in [2.75, 3.05) is 19.0 Å². The van der Waals surface area contributed by atoms with Gasteiger partial charge in [0.2, 0.25) is 0 Å². The van der Waals surface area contributed by atoms with Crippen molar-refractivity contribution in [3.63, 3.8) is 0 Å². The molecule has 1 aromatic carbocycles. The smallest absolute Gasteiger partial charge is 0.382 e. The van der Waals surface area contributed by atoms with Crippen molar-refractivity contribution in [3.8, 4) is 5.75 Å². The van der Waals surface area contributed by atoms with Crippen LogP contribution >= 0.6 is 19.4 Å². The van der Waals surface area contributed by atoms with Crippen molar-refractivity contribution in [3.05, 3.63) is 30.3 Å². The molecule has 1 rings (SSSR count). The maximum absolute atomic E-state index is 13.2. The Morgan fingerprint density at radius 1 is 0.917 bits per heavy atom. The molecule has 0 bridgehead atoms. The molecule has 0 fully saturated rings. The van der Waals surface area contributed by atoms with E-state index in [9.17, 15) is 19.4 Å². The molecule has 0 aliphatic heterocycles. The molecular formula is C27H47O7PS. The van der Waals surface area contributed by atoms with E-state index in [0.717, 1.165) is 49.6 Å². The lowest BCUT2D eigenvalue weighted by atomic mass is 10.1. The summed E-state index contributed by atoms with van der Waals surface area (Å²) in [5.74, 6) is -0.457. The maximum Gasteiger partial charge on any atom is 0.382 e. The molecule has 0 spiro atoms. The Morgan fingerprint density at radius 2 is 1.56 bits per heavy atom.